The van der Waals surface area contributed by atoms with E-state index in [4.69, 9.17) is 14.2 Å². The van der Waals surface area contributed by atoms with E-state index in [1.807, 2.05) is 38.2 Å². The second-order valence-electron chi connectivity index (χ2n) is 8.99. The van der Waals surface area contributed by atoms with Crippen LogP contribution in [0.4, 0.5) is 5.95 Å². The molecule has 4 aromatic rings. The number of pyridine rings is 1. The van der Waals surface area contributed by atoms with E-state index in [-0.39, 0.29) is 12.6 Å². The lowest BCUT2D eigenvalue weighted by Crippen LogP contribution is -2.38. The van der Waals surface area contributed by atoms with Crippen LogP contribution < -0.4 is 9.64 Å². The second kappa shape index (κ2) is 7.88. The van der Waals surface area contributed by atoms with Gasteiger partial charge < -0.3 is 19.3 Å². The Bertz CT molecular complexity index is 1290. The van der Waals surface area contributed by atoms with Gasteiger partial charge in [0.05, 0.1) is 22.5 Å². The summed E-state index contributed by atoms with van der Waals surface area (Å²) in [5.74, 6) is 2.90. The van der Waals surface area contributed by atoms with E-state index in [1.54, 1.807) is 0 Å². The fourth-order valence-corrected chi connectivity index (χ4v) is 5.22. The molecule has 1 atom stereocenters. The van der Waals surface area contributed by atoms with Crippen LogP contribution in [0.3, 0.4) is 0 Å². The molecule has 0 amide bonds. The number of nitrogens with zero attached hydrogens (tertiary/aromatic N) is 5. The molecule has 0 bridgehead atoms. The summed E-state index contributed by atoms with van der Waals surface area (Å²) in [5, 5.41) is 13.7. The lowest BCUT2D eigenvalue weighted by atomic mass is 9.98. The van der Waals surface area contributed by atoms with Gasteiger partial charge in [-0.05, 0) is 56.9 Å². The summed E-state index contributed by atoms with van der Waals surface area (Å²) in [6.07, 6.45) is 3.75. The van der Waals surface area contributed by atoms with Crippen molar-refractivity contribution in [1.29, 1.82) is 0 Å². The first-order valence-corrected chi connectivity index (χ1v) is 11.5. The number of rotatable bonds is 4. The standard InChI is InChI=1S/C25H27N5O3/c1-15-22(16(2)33-28-15)18-6-7-20-23-24(18)32-14-21(19-5-3-4-10-26-19)30(23)25(27-20)29-11-8-17(13-31)9-12-29/h3-7,10,17,21,31H,8-9,11-14H2,1-2H3/t21-/m1/s1. The van der Waals surface area contributed by atoms with Crippen LogP contribution in [0.2, 0.25) is 0 Å². The number of aromatic nitrogens is 4. The number of hydrogen-bond donors (Lipinski definition) is 1. The maximum absolute atomic E-state index is 9.59. The quantitative estimate of drug-likeness (QED) is 0.510. The highest BCUT2D eigenvalue weighted by molar-refractivity contribution is 5.94. The second-order valence-corrected chi connectivity index (χ2v) is 8.99. The fraction of sp³-hybridized carbons (Fsp3) is 0.400. The predicted molar refractivity (Wildman–Crippen MR) is 125 cm³/mol. The first kappa shape index (κ1) is 20.2. The molecule has 2 aliphatic rings. The minimum atomic E-state index is -0.0748. The smallest absolute Gasteiger partial charge is 0.207 e. The molecule has 1 fully saturated rings. The van der Waals surface area contributed by atoms with Crippen LogP contribution in [0.25, 0.3) is 22.2 Å². The van der Waals surface area contributed by atoms with Crippen LogP contribution >= 0.6 is 0 Å². The van der Waals surface area contributed by atoms with Crippen LogP contribution in [0.1, 0.15) is 36.0 Å². The molecule has 1 N–H and O–H groups in total. The molecule has 170 valence electrons. The van der Waals surface area contributed by atoms with Crippen molar-refractivity contribution in [2.45, 2.75) is 32.7 Å². The Balaban J connectivity index is 1.56. The SMILES string of the molecule is Cc1noc(C)c1-c1ccc2nc(N3CCC(CO)CC3)n3c2c1OC[C@@H]3c1ccccn1. The van der Waals surface area contributed by atoms with Crippen LogP contribution in [0.15, 0.2) is 41.1 Å². The highest BCUT2D eigenvalue weighted by atomic mass is 16.5. The van der Waals surface area contributed by atoms with E-state index in [1.165, 1.54) is 0 Å². The average Bonchev–Trinajstić information content (AvgIpc) is 3.41. The van der Waals surface area contributed by atoms with Gasteiger partial charge in [-0.25, -0.2) is 4.98 Å². The Kier molecular flexibility index (Phi) is 4.83. The van der Waals surface area contributed by atoms with Crippen molar-refractivity contribution in [3.05, 3.63) is 53.7 Å². The zero-order chi connectivity index (χ0) is 22.5. The van der Waals surface area contributed by atoms with Crippen molar-refractivity contribution in [2.75, 3.05) is 31.2 Å². The number of aryl methyl sites for hydroxylation is 2. The number of anilines is 1. The number of imidazole rings is 1. The van der Waals surface area contributed by atoms with E-state index in [9.17, 15) is 5.11 Å². The Morgan fingerprint density at radius 1 is 1.12 bits per heavy atom. The van der Waals surface area contributed by atoms with E-state index < -0.39 is 0 Å². The van der Waals surface area contributed by atoms with Crippen LogP contribution in [-0.2, 0) is 0 Å². The molecule has 0 aliphatic carbocycles. The minimum absolute atomic E-state index is 0.0748. The summed E-state index contributed by atoms with van der Waals surface area (Å²) < 4.78 is 14.2. The number of hydrogen-bond acceptors (Lipinski definition) is 7. The van der Waals surface area contributed by atoms with Crippen LogP contribution in [0.5, 0.6) is 5.75 Å². The van der Waals surface area contributed by atoms with Crippen LogP contribution in [-0.4, -0.2) is 51.1 Å². The minimum Gasteiger partial charge on any atom is -0.488 e. The molecule has 0 radical (unpaired) electrons. The molecular weight excluding hydrogens is 418 g/mol. The first-order chi connectivity index (χ1) is 16.2. The number of piperidine rings is 1. The zero-order valence-electron chi connectivity index (χ0n) is 18.9. The largest absolute Gasteiger partial charge is 0.488 e. The summed E-state index contributed by atoms with van der Waals surface area (Å²) >= 11 is 0. The molecule has 33 heavy (non-hydrogen) atoms. The maximum Gasteiger partial charge on any atom is 0.207 e. The molecule has 1 aromatic carbocycles. The van der Waals surface area contributed by atoms with Gasteiger partial charge in [-0.15, -0.1) is 0 Å². The van der Waals surface area contributed by atoms with E-state index in [0.717, 1.165) is 76.9 Å². The zero-order valence-corrected chi connectivity index (χ0v) is 18.9. The van der Waals surface area contributed by atoms with Gasteiger partial charge in [0.25, 0.3) is 0 Å². The third-order valence-electron chi connectivity index (χ3n) is 6.97. The van der Waals surface area contributed by atoms with E-state index in [0.29, 0.717) is 12.5 Å². The van der Waals surface area contributed by atoms with E-state index in [2.05, 4.69) is 31.7 Å². The van der Waals surface area contributed by atoms with Crippen molar-refractivity contribution in [2.24, 2.45) is 5.92 Å². The maximum atomic E-state index is 9.59. The highest BCUT2D eigenvalue weighted by Gasteiger charge is 2.34. The Morgan fingerprint density at radius 2 is 1.97 bits per heavy atom. The third kappa shape index (κ3) is 3.20. The van der Waals surface area contributed by atoms with Gasteiger partial charge in [-0.1, -0.05) is 11.2 Å². The molecule has 6 rings (SSSR count). The number of aliphatic hydroxyl groups excluding tert-OH is 1. The molecule has 1 saturated heterocycles. The van der Waals surface area contributed by atoms with Crippen molar-refractivity contribution in [3.63, 3.8) is 0 Å². The topological polar surface area (TPSA) is 89.4 Å². The summed E-state index contributed by atoms with van der Waals surface area (Å²) in [4.78, 5) is 12.1. The average molecular weight is 446 g/mol. The van der Waals surface area contributed by atoms with Gasteiger partial charge >= 0.3 is 0 Å². The molecule has 0 saturated carbocycles. The van der Waals surface area contributed by atoms with Gasteiger partial charge in [0.15, 0.2) is 5.75 Å². The normalized spacial score (nSPS) is 18.6. The molecule has 0 spiro atoms. The molecule has 8 heteroatoms. The van der Waals surface area contributed by atoms with Gasteiger partial charge in [0, 0.05) is 31.5 Å². The van der Waals surface area contributed by atoms with Gasteiger partial charge in [0.2, 0.25) is 5.95 Å². The lowest BCUT2D eigenvalue weighted by molar-refractivity contribution is 0.201. The Hall–Kier alpha value is -3.39. The molecule has 3 aromatic heterocycles. The third-order valence-corrected chi connectivity index (χ3v) is 6.97. The summed E-state index contributed by atoms with van der Waals surface area (Å²) in [7, 11) is 0. The number of benzene rings is 1. The molecular formula is C25H27N5O3. The Labute approximate surface area is 191 Å². The summed E-state index contributed by atoms with van der Waals surface area (Å²) in [6, 6.07) is 10.0. The number of aliphatic hydroxyl groups is 1. The van der Waals surface area contributed by atoms with Crippen molar-refractivity contribution in [1.82, 2.24) is 19.7 Å². The van der Waals surface area contributed by atoms with Gasteiger partial charge in [-0.3, -0.25) is 9.55 Å². The summed E-state index contributed by atoms with van der Waals surface area (Å²) in [6.45, 7) is 6.35. The first-order valence-electron chi connectivity index (χ1n) is 11.5. The van der Waals surface area contributed by atoms with Crippen molar-refractivity contribution >= 4 is 17.0 Å². The molecule has 5 heterocycles. The summed E-state index contributed by atoms with van der Waals surface area (Å²) in [5.41, 5.74) is 5.63. The van der Waals surface area contributed by atoms with Gasteiger partial charge in [-0.2, -0.15) is 0 Å². The monoisotopic (exact) mass is 445 g/mol. The van der Waals surface area contributed by atoms with E-state index >= 15 is 0 Å². The number of ether oxygens (including phenoxy) is 1. The van der Waals surface area contributed by atoms with Crippen molar-refractivity contribution < 1.29 is 14.4 Å². The molecule has 8 nitrogen and oxygen atoms in total. The Morgan fingerprint density at radius 3 is 2.67 bits per heavy atom. The van der Waals surface area contributed by atoms with Crippen LogP contribution in [0, 0.1) is 19.8 Å². The van der Waals surface area contributed by atoms with Crippen molar-refractivity contribution in [3.8, 4) is 16.9 Å². The predicted octanol–water partition coefficient (Wildman–Crippen LogP) is 3.89. The molecule has 2 aliphatic heterocycles. The fourth-order valence-electron chi connectivity index (χ4n) is 5.22. The molecule has 0 unspecified atom stereocenters. The van der Waals surface area contributed by atoms with Gasteiger partial charge in [0.1, 0.15) is 23.9 Å². The lowest BCUT2D eigenvalue weighted by Gasteiger charge is -2.35. The highest BCUT2D eigenvalue weighted by Crippen LogP contribution is 2.46.